The summed E-state index contributed by atoms with van der Waals surface area (Å²) in [5.41, 5.74) is 5.56. The highest BCUT2D eigenvalue weighted by molar-refractivity contribution is 7.99. The molecule has 0 spiro atoms. The van der Waals surface area contributed by atoms with Gasteiger partial charge in [0.1, 0.15) is 5.82 Å². The normalized spacial score (nSPS) is 13.4. The molecule has 4 rings (SSSR count). The zero-order valence-corrected chi connectivity index (χ0v) is 23.0. The number of carbonyl (C=O) groups is 3. The largest absolute Gasteiger partial charge is 0.478 e. The van der Waals surface area contributed by atoms with Crippen molar-refractivity contribution in [2.45, 2.75) is 43.9 Å². The van der Waals surface area contributed by atoms with E-state index in [-0.39, 0.29) is 22.9 Å². The topological polar surface area (TPSA) is 111 Å². The minimum absolute atomic E-state index is 0.155. The first-order valence-electron chi connectivity index (χ1n) is 13.2. The van der Waals surface area contributed by atoms with Gasteiger partial charge in [-0.2, -0.15) is 5.10 Å². The maximum Gasteiger partial charge on any atom is 0.339 e. The van der Waals surface area contributed by atoms with E-state index < -0.39 is 17.8 Å². The van der Waals surface area contributed by atoms with Crippen molar-refractivity contribution in [1.29, 1.82) is 0 Å². The van der Waals surface area contributed by atoms with Crippen LogP contribution in [-0.2, 0) is 11.2 Å². The summed E-state index contributed by atoms with van der Waals surface area (Å²) in [6, 6.07) is 17.5. The SMILES string of the molecule is CCCCCN1C(=O)/C(=N/NC(=O)Nc2cccc(F)c2)c2cc(SCCCc3ccc(C(=O)O)cc3)ccc21. The zero-order chi connectivity index (χ0) is 28.5. The minimum atomic E-state index is -0.938. The number of benzene rings is 3. The van der Waals surface area contributed by atoms with Gasteiger partial charge in [0.25, 0.3) is 5.91 Å². The quantitative estimate of drug-likeness (QED) is 0.136. The van der Waals surface area contributed by atoms with Crippen LogP contribution in [0.2, 0.25) is 0 Å². The van der Waals surface area contributed by atoms with Crippen molar-refractivity contribution >= 4 is 46.8 Å². The fraction of sp³-hybridized carbons (Fsp3) is 0.267. The standard InChI is InChI=1S/C30H31FN4O4S/c1-2-3-4-16-35-26-15-14-24(40-17-6-7-20-10-12-21(13-11-20)29(37)38)19-25(26)27(28(35)36)33-34-30(39)32-23-9-5-8-22(31)18-23/h5,8-15,18-19H,2-4,6-7,16-17H2,1H3,(H,37,38)(H2,32,34,39)/b33-27+. The second-order valence-corrected chi connectivity index (χ2v) is 10.5. The van der Waals surface area contributed by atoms with Crippen molar-refractivity contribution in [3.63, 3.8) is 0 Å². The predicted octanol–water partition coefficient (Wildman–Crippen LogP) is 6.31. The Morgan fingerprint density at radius 3 is 2.55 bits per heavy atom. The molecule has 8 nitrogen and oxygen atoms in total. The van der Waals surface area contributed by atoms with Gasteiger partial charge in [-0.1, -0.05) is 38.0 Å². The van der Waals surface area contributed by atoms with Crippen molar-refractivity contribution in [2.75, 3.05) is 22.5 Å². The molecule has 0 bridgehead atoms. The number of nitrogens with zero attached hydrogens (tertiary/aromatic N) is 2. The minimum Gasteiger partial charge on any atom is -0.478 e. The summed E-state index contributed by atoms with van der Waals surface area (Å²) in [4.78, 5) is 39.4. The summed E-state index contributed by atoms with van der Waals surface area (Å²) in [7, 11) is 0. The van der Waals surface area contributed by atoms with Crippen LogP contribution in [0.15, 0.2) is 76.7 Å². The third-order valence-electron chi connectivity index (χ3n) is 6.38. The Labute approximate surface area is 236 Å². The lowest BCUT2D eigenvalue weighted by Gasteiger charge is -2.16. The van der Waals surface area contributed by atoms with Crippen LogP contribution in [0.1, 0.15) is 54.1 Å². The highest BCUT2D eigenvalue weighted by Crippen LogP contribution is 2.33. The molecule has 0 atom stereocenters. The molecule has 1 aliphatic heterocycles. The fourth-order valence-electron chi connectivity index (χ4n) is 4.34. The van der Waals surface area contributed by atoms with Crippen molar-refractivity contribution < 1.29 is 23.9 Å². The molecule has 1 heterocycles. The zero-order valence-electron chi connectivity index (χ0n) is 22.2. The van der Waals surface area contributed by atoms with E-state index >= 15 is 0 Å². The number of hydrazone groups is 1. The summed E-state index contributed by atoms with van der Waals surface area (Å²) < 4.78 is 13.4. The molecule has 0 saturated carbocycles. The van der Waals surface area contributed by atoms with Crippen molar-refractivity contribution in [3.05, 3.63) is 89.2 Å². The Hall–Kier alpha value is -4.18. The number of rotatable bonds is 12. The number of hydrogen-bond acceptors (Lipinski definition) is 5. The molecule has 0 unspecified atom stereocenters. The lowest BCUT2D eigenvalue weighted by Crippen LogP contribution is -2.33. The average molecular weight is 563 g/mol. The number of nitrogens with one attached hydrogen (secondary N) is 2. The Bertz CT molecular complexity index is 1410. The van der Waals surface area contributed by atoms with Gasteiger partial charge in [-0.05, 0) is 79.1 Å². The van der Waals surface area contributed by atoms with Gasteiger partial charge >= 0.3 is 12.0 Å². The van der Waals surface area contributed by atoms with Crippen LogP contribution in [-0.4, -0.2) is 41.0 Å². The summed E-state index contributed by atoms with van der Waals surface area (Å²) in [5, 5.41) is 15.7. The monoisotopic (exact) mass is 562 g/mol. The molecule has 3 aromatic rings. The molecule has 0 aliphatic carbocycles. The van der Waals surface area contributed by atoms with Gasteiger partial charge in [-0.15, -0.1) is 11.8 Å². The number of amides is 3. The summed E-state index contributed by atoms with van der Waals surface area (Å²) in [5.74, 6) is -0.864. The van der Waals surface area contributed by atoms with Crippen LogP contribution in [0.25, 0.3) is 0 Å². The van der Waals surface area contributed by atoms with Gasteiger partial charge in [0, 0.05) is 22.7 Å². The highest BCUT2D eigenvalue weighted by atomic mass is 32.2. The van der Waals surface area contributed by atoms with E-state index in [1.807, 2.05) is 30.3 Å². The molecule has 40 heavy (non-hydrogen) atoms. The number of carbonyl (C=O) groups excluding carboxylic acids is 2. The summed E-state index contributed by atoms with van der Waals surface area (Å²) >= 11 is 1.65. The van der Waals surface area contributed by atoms with Gasteiger partial charge < -0.3 is 15.3 Å². The average Bonchev–Trinajstić information content (AvgIpc) is 3.20. The first kappa shape index (κ1) is 28.8. The van der Waals surface area contributed by atoms with Crippen LogP contribution < -0.4 is 15.6 Å². The summed E-state index contributed by atoms with van der Waals surface area (Å²) in [6.45, 7) is 2.66. The van der Waals surface area contributed by atoms with E-state index in [1.54, 1.807) is 34.9 Å². The van der Waals surface area contributed by atoms with Gasteiger partial charge in [0.2, 0.25) is 0 Å². The molecular formula is C30H31FN4O4S. The van der Waals surface area contributed by atoms with E-state index in [0.29, 0.717) is 12.1 Å². The Balaban J connectivity index is 1.43. The Morgan fingerprint density at radius 2 is 1.82 bits per heavy atom. The first-order valence-corrected chi connectivity index (χ1v) is 14.2. The third kappa shape index (κ3) is 7.47. The molecule has 3 aromatic carbocycles. The molecule has 1 aliphatic rings. The van der Waals surface area contributed by atoms with Crippen LogP contribution in [0.3, 0.4) is 0 Å². The van der Waals surface area contributed by atoms with Gasteiger partial charge in [-0.3, -0.25) is 4.79 Å². The Kier molecular flexibility index (Phi) is 9.91. The maximum absolute atomic E-state index is 13.4. The van der Waals surface area contributed by atoms with Crippen LogP contribution >= 0.6 is 11.8 Å². The number of halogens is 1. The molecule has 0 saturated heterocycles. The number of thioether (sulfide) groups is 1. The van der Waals surface area contributed by atoms with Crippen LogP contribution in [0.5, 0.6) is 0 Å². The molecular weight excluding hydrogens is 531 g/mol. The number of unbranched alkanes of at least 4 members (excludes halogenated alkanes) is 2. The predicted molar refractivity (Wildman–Crippen MR) is 156 cm³/mol. The molecule has 3 N–H and O–H groups in total. The number of aryl methyl sites for hydroxylation is 1. The summed E-state index contributed by atoms with van der Waals surface area (Å²) in [6.07, 6.45) is 4.58. The fourth-order valence-corrected chi connectivity index (χ4v) is 5.23. The molecule has 0 fully saturated rings. The number of hydrogen-bond donors (Lipinski definition) is 3. The molecule has 10 heteroatoms. The van der Waals surface area contributed by atoms with E-state index in [9.17, 15) is 18.8 Å². The van der Waals surface area contributed by atoms with Crippen LogP contribution in [0, 0.1) is 5.82 Å². The first-order chi connectivity index (χ1) is 19.4. The molecule has 0 aromatic heterocycles. The number of carboxylic acid groups (broad SMARTS) is 1. The second-order valence-electron chi connectivity index (χ2n) is 9.33. The van der Waals surface area contributed by atoms with Crippen molar-refractivity contribution in [1.82, 2.24) is 5.43 Å². The molecule has 3 amide bonds. The number of carboxylic acids is 1. The Morgan fingerprint density at radius 1 is 1.02 bits per heavy atom. The lowest BCUT2D eigenvalue weighted by atomic mass is 10.1. The highest BCUT2D eigenvalue weighted by Gasteiger charge is 2.34. The van der Waals surface area contributed by atoms with E-state index in [0.717, 1.165) is 54.0 Å². The number of urea groups is 1. The number of fused-ring (bicyclic) bond motifs is 1. The second kappa shape index (κ2) is 13.7. The smallest absolute Gasteiger partial charge is 0.339 e. The van der Waals surface area contributed by atoms with Gasteiger partial charge in [0.15, 0.2) is 5.71 Å². The molecule has 0 radical (unpaired) electrons. The maximum atomic E-state index is 13.4. The van der Waals surface area contributed by atoms with E-state index in [2.05, 4.69) is 22.8 Å². The molecule has 208 valence electrons. The number of aromatic carboxylic acids is 1. The van der Waals surface area contributed by atoms with E-state index in [4.69, 9.17) is 5.11 Å². The number of anilines is 2. The third-order valence-corrected chi connectivity index (χ3v) is 7.46. The van der Waals surface area contributed by atoms with Gasteiger partial charge in [0.05, 0.1) is 11.3 Å². The van der Waals surface area contributed by atoms with Crippen molar-refractivity contribution in [3.8, 4) is 0 Å². The van der Waals surface area contributed by atoms with Crippen molar-refractivity contribution in [2.24, 2.45) is 5.10 Å². The lowest BCUT2D eigenvalue weighted by molar-refractivity contribution is -0.112. The van der Waals surface area contributed by atoms with E-state index in [1.165, 1.54) is 18.2 Å². The van der Waals surface area contributed by atoms with Gasteiger partial charge in [-0.25, -0.2) is 19.4 Å². The van der Waals surface area contributed by atoms with Crippen LogP contribution in [0.4, 0.5) is 20.6 Å².